The lowest BCUT2D eigenvalue weighted by molar-refractivity contribution is -0.137. The molecule has 0 N–H and O–H groups in total. The third-order valence-electron chi connectivity index (χ3n) is 4.42. The number of ether oxygens (including phenoxy) is 1. The van der Waals surface area contributed by atoms with Crippen LogP contribution in [-0.2, 0) is 20.5 Å². The molecule has 0 saturated carbocycles. The van der Waals surface area contributed by atoms with Crippen molar-refractivity contribution in [1.29, 1.82) is 0 Å². The van der Waals surface area contributed by atoms with E-state index >= 15 is 0 Å². The van der Waals surface area contributed by atoms with E-state index in [0.29, 0.717) is 0 Å². The number of nitrogens with zero attached hydrogens (tertiary/aromatic N) is 1. The summed E-state index contributed by atoms with van der Waals surface area (Å²) in [5.74, 6) is -2.40. The molecule has 2 amide bonds. The van der Waals surface area contributed by atoms with Crippen LogP contribution in [0.2, 0.25) is 5.02 Å². The molecule has 2 saturated heterocycles. The number of hydrogen-bond donors (Lipinski definition) is 0. The zero-order valence-corrected chi connectivity index (χ0v) is 12.1. The van der Waals surface area contributed by atoms with E-state index in [1.165, 1.54) is 6.07 Å². The number of fused-ring (bicyclic) bond motifs is 5. The van der Waals surface area contributed by atoms with E-state index in [4.69, 9.17) is 16.3 Å². The molecule has 0 spiro atoms. The highest BCUT2D eigenvalue weighted by atomic mass is 35.5. The topological polar surface area (TPSA) is 46.6 Å². The van der Waals surface area contributed by atoms with E-state index in [9.17, 15) is 22.8 Å². The number of rotatable bonds is 1. The molecule has 2 fully saturated rings. The maximum Gasteiger partial charge on any atom is 0.417 e. The standard InChI is InChI=1S/C15H9ClF3NO3/c16-8-2-1-6(5-7(8)15(17,18)19)20-13(21)11-9-3-4-10(23-9)12(11)14(20)22/h1-5,9-12H/t9-,10-,11-,12-/m1/s1. The van der Waals surface area contributed by atoms with Gasteiger partial charge < -0.3 is 4.74 Å². The molecule has 0 radical (unpaired) electrons. The number of alkyl halides is 3. The Labute approximate surface area is 133 Å². The lowest BCUT2D eigenvalue weighted by Crippen LogP contribution is -2.34. The zero-order valence-electron chi connectivity index (χ0n) is 11.4. The highest BCUT2D eigenvalue weighted by Gasteiger charge is 2.61. The number of anilines is 1. The predicted molar refractivity (Wildman–Crippen MR) is 73.7 cm³/mol. The third kappa shape index (κ3) is 1.96. The second kappa shape index (κ2) is 4.58. The van der Waals surface area contributed by atoms with Crippen LogP contribution in [0.5, 0.6) is 0 Å². The van der Waals surface area contributed by atoms with Crippen molar-refractivity contribution >= 4 is 29.1 Å². The van der Waals surface area contributed by atoms with Gasteiger partial charge in [0.25, 0.3) is 0 Å². The summed E-state index contributed by atoms with van der Waals surface area (Å²) in [6, 6.07) is 3.01. The van der Waals surface area contributed by atoms with Gasteiger partial charge in [0.05, 0.1) is 40.3 Å². The van der Waals surface area contributed by atoms with Gasteiger partial charge in [-0.2, -0.15) is 13.2 Å². The Hall–Kier alpha value is -1.86. The van der Waals surface area contributed by atoms with Crippen LogP contribution in [-0.4, -0.2) is 24.0 Å². The van der Waals surface area contributed by atoms with Crippen LogP contribution in [0, 0.1) is 11.8 Å². The van der Waals surface area contributed by atoms with Crippen molar-refractivity contribution in [1.82, 2.24) is 0 Å². The second-order valence-electron chi connectivity index (χ2n) is 5.68. The van der Waals surface area contributed by atoms with Crippen molar-refractivity contribution in [2.45, 2.75) is 18.4 Å². The van der Waals surface area contributed by atoms with Crippen molar-refractivity contribution in [2.24, 2.45) is 11.8 Å². The number of carbonyl (C=O) groups is 2. The van der Waals surface area contributed by atoms with Gasteiger partial charge in [-0.1, -0.05) is 23.8 Å². The van der Waals surface area contributed by atoms with E-state index in [0.717, 1.165) is 17.0 Å². The first kappa shape index (κ1) is 14.7. The van der Waals surface area contributed by atoms with E-state index < -0.39 is 52.6 Å². The molecule has 0 aromatic heterocycles. The molecular weight excluding hydrogens is 335 g/mol. The fourth-order valence-corrected chi connectivity index (χ4v) is 3.65. The largest absolute Gasteiger partial charge is 0.417 e. The van der Waals surface area contributed by atoms with Crippen LogP contribution in [0.25, 0.3) is 0 Å². The van der Waals surface area contributed by atoms with E-state index in [1.807, 2.05) is 0 Å². The molecule has 1 aromatic rings. The van der Waals surface area contributed by atoms with Gasteiger partial charge in [0.2, 0.25) is 11.8 Å². The minimum atomic E-state index is -4.67. The summed E-state index contributed by atoms with van der Waals surface area (Å²) in [6.07, 6.45) is -2.22. The number of benzene rings is 1. The van der Waals surface area contributed by atoms with Crippen LogP contribution in [0.3, 0.4) is 0 Å². The molecule has 3 heterocycles. The molecule has 4 atom stereocenters. The molecule has 1 aromatic carbocycles. The summed E-state index contributed by atoms with van der Waals surface area (Å²) >= 11 is 5.57. The average molecular weight is 344 g/mol. The number of imide groups is 1. The summed E-state index contributed by atoms with van der Waals surface area (Å²) in [7, 11) is 0. The highest BCUT2D eigenvalue weighted by Crippen LogP contribution is 2.47. The normalized spacial score (nSPS) is 32.1. The Bertz CT molecular complexity index is 731. The number of hydrogen-bond acceptors (Lipinski definition) is 3. The molecular formula is C15H9ClF3NO3. The fraction of sp³-hybridized carbons (Fsp3) is 0.333. The van der Waals surface area contributed by atoms with Gasteiger partial charge >= 0.3 is 6.18 Å². The number of halogens is 4. The first-order chi connectivity index (χ1) is 10.8. The summed E-state index contributed by atoms with van der Waals surface area (Å²) in [5.41, 5.74) is -1.20. The van der Waals surface area contributed by atoms with Gasteiger partial charge in [0.1, 0.15) is 0 Å². The molecule has 120 valence electrons. The Balaban J connectivity index is 1.75. The van der Waals surface area contributed by atoms with Gasteiger partial charge in [0.15, 0.2) is 0 Å². The quantitative estimate of drug-likeness (QED) is 0.582. The Morgan fingerprint density at radius 1 is 1.04 bits per heavy atom. The van der Waals surface area contributed by atoms with E-state index in [1.54, 1.807) is 12.2 Å². The maximum absolute atomic E-state index is 13.0. The van der Waals surface area contributed by atoms with Crippen molar-refractivity contribution in [3.63, 3.8) is 0 Å². The molecule has 4 nitrogen and oxygen atoms in total. The van der Waals surface area contributed by atoms with Gasteiger partial charge in [-0.15, -0.1) is 0 Å². The molecule has 0 aliphatic carbocycles. The van der Waals surface area contributed by atoms with Gasteiger partial charge in [-0.25, -0.2) is 4.90 Å². The second-order valence-corrected chi connectivity index (χ2v) is 6.08. The van der Waals surface area contributed by atoms with Crippen LogP contribution < -0.4 is 4.90 Å². The molecule has 3 aliphatic rings. The van der Waals surface area contributed by atoms with Crippen molar-refractivity contribution in [3.05, 3.63) is 40.9 Å². The molecule has 2 bridgehead atoms. The Morgan fingerprint density at radius 2 is 1.61 bits per heavy atom. The first-order valence-electron chi connectivity index (χ1n) is 6.87. The van der Waals surface area contributed by atoms with Crippen LogP contribution in [0.4, 0.5) is 18.9 Å². The maximum atomic E-state index is 13.0. The Morgan fingerprint density at radius 3 is 2.13 bits per heavy atom. The number of amides is 2. The summed E-state index contributed by atoms with van der Waals surface area (Å²) < 4.78 is 44.4. The SMILES string of the molecule is O=C1[C@H]2[C@H](C(=O)N1c1ccc(Cl)c(C(F)(F)F)c1)[C@H]1C=C[C@H]2O1. The lowest BCUT2D eigenvalue weighted by atomic mass is 9.85. The zero-order chi connectivity index (χ0) is 16.5. The fourth-order valence-electron chi connectivity index (χ4n) is 3.43. The molecule has 8 heteroatoms. The summed E-state index contributed by atoms with van der Waals surface area (Å²) in [5, 5.41) is -0.481. The highest BCUT2D eigenvalue weighted by molar-refractivity contribution is 6.31. The van der Waals surface area contributed by atoms with Crippen LogP contribution in [0.15, 0.2) is 30.4 Å². The average Bonchev–Trinajstić information content (AvgIpc) is 3.13. The van der Waals surface area contributed by atoms with Crippen molar-refractivity contribution in [3.8, 4) is 0 Å². The molecule has 3 aliphatic heterocycles. The van der Waals surface area contributed by atoms with E-state index in [2.05, 4.69) is 0 Å². The number of carbonyl (C=O) groups excluding carboxylic acids is 2. The minimum Gasteiger partial charge on any atom is -0.365 e. The van der Waals surface area contributed by atoms with Gasteiger partial charge in [0, 0.05) is 0 Å². The van der Waals surface area contributed by atoms with Gasteiger partial charge in [-0.05, 0) is 18.2 Å². The van der Waals surface area contributed by atoms with E-state index in [-0.39, 0.29) is 5.69 Å². The van der Waals surface area contributed by atoms with Crippen LogP contribution >= 0.6 is 11.6 Å². The molecule has 23 heavy (non-hydrogen) atoms. The molecule has 4 rings (SSSR count). The van der Waals surface area contributed by atoms with Crippen molar-refractivity contribution < 1.29 is 27.5 Å². The summed E-state index contributed by atoms with van der Waals surface area (Å²) in [4.78, 5) is 25.8. The predicted octanol–water partition coefficient (Wildman–Crippen LogP) is 2.80. The third-order valence-corrected chi connectivity index (χ3v) is 4.75. The summed E-state index contributed by atoms with van der Waals surface area (Å²) in [6.45, 7) is 0. The minimum absolute atomic E-state index is 0.120. The monoisotopic (exact) mass is 343 g/mol. The lowest BCUT2D eigenvalue weighted by Gasteiger charge is -2.19. The van der Waals surface area contributed by atoms with Gasteiger partial charge in [-0.3, -0.25) is 9.59 Å². The Kier molecular flexibility index (Phi) is 2.93. The van der Waals surface area contributed by atoms with Crippen LogP contribution in [0.1, 0.15) is 5.56 Å². The smallest absolute Gasteiger partial charge is 0.365 e. The van der Waals surface area contributed by atoms with Crippen molar-refractivity contribution in [2.75, 3.05) is 4.90 Å². The first-order valence-corrected chi connectivity index (χ1v) is 7.25. The molecule has 0 unspecified atom stereocenters.